The molecule has 1 amide bonds. The standard InChI is InChI=1S/C22H28N6O4/c1-16(32-19-14-25-26-22(30)17(19)2)15-31-12-6-21(29)28-10-8-27(9-11-28)20-4-3-18(5-7-23)13-24-20/h3-4,13-14,16H,5-6,8-12,15H2,1-2H3,(H,26,30)/t16-/m0/s1. The summed E-state index contributed by atoms with van der Waals surface area (Å²) in [5.41, 5.74) is 1.08. The number of nitriles is 1. The van der Waals surface area contributed by atoms with Crippen molar-refractivity contribution in [3.05, 3.63) is 46.0 Å². The van der Waals surface area contributed by atoms with Gasteiger partial charge in [0.1, 0.15) is 17.7 Å². The minimum atomic E-state index is -0.284. The highest BCUT2D eigenvalue weighted by Crippen LogP contribution is 2.15. The molecule has 0 aliphatic carbocycles. The number of piperazine rings is 1. The molecule has 0 radical (unpaired) electrons. The zero-order valence-corrected chi connectivity index (χ0v) is 18.4. The van der Waals surface area contributed by atoms with Gasteiger partial charge in [-0.05, 0) is 25.5 Å². The summed E-state index contributed by atoms with van der Waals surface area (Å²) >= 11 is 0. The van der Waals surface area contributed by atoms with Crippen LogP contribution in [0.15, 0.2) is 29.3 Å². The van der Waals surface area contributed by atoms with Gasteiger partial charge in [0.2, 0.25) is 5.91 Å². The van der Waals surface area contributed by atoms with Crippen molar-refractivity contribution >= 4 is 11.7 Å². The van der Waals surface area contributed by atoms with Gasteiger partial charge in [0.25, 0.3) is 5.56 Å². The van der Waals surface area contributed by atoms with Gasteiger partial charge in [-0.25, -0.2) is 10.1 Å². The Bertz CT molecular complexity index is 993. The number of aromatic amines is 1. The summed E-state index contributed by atoms with van der Waals surface area (Å²) in [6.45, 7) is 6.81. The van der Waals surface area contributed by atoms with Gasteiger partial charge in [0.05, 0.1) is 43.9 Å². The number of carbonyl (C=O) groups is 1. The van der Waals surface area contributed by atoms with Crippen LogP contribution in [0.4, 0.5) is 5.82 Å². The molecule has 0 aromatic carbocycles. The molecule has 0 unspecified atom stereocenters. The first-order valence-electron chi connectivity index (χ1n) is 10.6. The Kier molecular flexibility index (Phi) is 8.16. The Morgan fingerprint density at radius 1 is 1.28 bits per heavy atom. The normalized spacial score (nSPS) is 14.7. The van der Waals surface area contributed by atoms with Crippen LogP contribution < -0.4 is 15.2 Å². The molecule has 0 bridgehead atoms. The quantitative estimate of drug-likeness (QED) is 0.574. The summed E-state index contributed by atoms with van der Waals surface area (Å²) in [5.74, 6) is 1.35. The van der Waals surface area contributed by atoms with Crippen molar-refractivity contribution in [2.45, 2.75) is 32.8 Å². The molecule has 1 fully saturated rings. The topological polar surface area (TPSA) is 124 Å². The van der Waals surface area contributed by atoms with Crippen LogP contribution in [-0.2, 0) is 16.0 Å². The van der Waals surface area contributed by atoms with Crippen molar-refractivity contribution in [2.75, 3.05) is 44.3 Å². The van der Waals surface area contributed by atoms with Crippen LogP contribution in [0.2, 0.25) is 0 Å². The monoisotopic (exact) mass is 440 g/mol. The van der Waals surface area contributed by atoms with Crippen LogP contribution in [-0.4, -0.2) is 71.5 Å². The first-order chi connectivity index (χ1) is 15.5. The molecule has 1 aliphatic heterocycles. The Morgan fingerprint density at radius 2 is 2.06 bits per heavy atom. The van der Waals surface area contributed by atoms with E-state index in [2.05, 4.69) is 26.2 Å². The molecule has 3 heterocycles. The molecule has 0 saturated carbocycles. The summed E-state index contributed by atoms with van der Waals surface area (Å²) in [5, 5.41) is 14.8. The largest absolute Gasteiger partial charge is 0.486 e. The summed E-state index contributed by atoms with van der Waals surface area (Å²) < 4.78 is 11.3. The van der Waals surface area contributed by atoms with E-state index in [-0.39, 0.29) is 17.6 Å². The molecule has 10 nitrogen and oxygen atoms in total. The van der Waals surface area contributed by atoms with E-state index in [1.165, 1.54) is 6.20 Å². The van der Waals surface area contributed by atoms with Crippen molar-refractivity contribution in [2.24, 2.45) is 0 Å². The number of amides is 1. The molecule has 1 aliphatic rings. The minimum absolute atomic E-state index is 0.0604. The maximum absolute atomic E-state index is 12.5. The lowest BCUT2D eigenvalue weighted by atomic mass is 10.2. The number of carbonyl (C=O) groups excluding carboxylic acids is 1. The lowest BCUT2D eigenvalue weighted by Gasteiger charge is -2.35. The summed E-state index contributed by atoms with van der Waals surface area (Å²) in [6.07, 6.45) is 3.58. The highest BCUT2D eigenvalue weighted by Gasteiger charge is 2.21. The zero-order valence-electron chi connectivity index (χ0n) is 18.4. The third-order valence-corrected chi connectivity index (χ3v) is 5.25. The molecule has 1 saturated heterocycles. The van der Waals surface area contributed by atoms with E-state index in [4.69, 9.17) is 14.7 Å². The van der Waals surface area contributed by atoms with Gasteiger partial charge in [-0.3, -0.25) is 9.59 Å². The van der Waals surface area contributed by atoms with Crippen molar-refractivity contribution in [1.82, 2.24) is 20.1 Å². The van der Waals surface area contributed by atoms with Crippen LogP contribution in [0, 0.1) is 18.3 Å². The molecule has 2 aromatic heterocycles. The van der Waals surface area contributed by atoms with Crippen LogP contribution in [0.25, 0.3) is 0 Å². The fraction of sp³-hybridized carbons (Fsp3) is 0.500. The van der Waals surface area contributed by atoms with Crippen LogP contribution in [0.5, 0.6) is 5.75 Å². The SMILES string of the molecule is Cc1c(O[C@@H](C)COCCC(=O)N2CCN(c3ccc(CC#N)cn3)CC2)cn[nH]c1=O. The maximum Gasteiger partial charge on any atom is 0.270 e. The molecule has 0 spiro atoms. The number of nitrogens with zero attached hydrogens (tertiary/aromatic N) is 5. The van der Waals surface area contributed by atoms with E-state index in [0.29, 0.717) is 63.5 Å². The average Bonchev–Trinajstić information content (AvgIpc) is 2.80. The van der Waals surface area contributed by atoms with E-state index in [9.17, 15) is 9.59 Å². The molecule has 2 aromatic rings. The van der Waals surface area contributed by atoms with Crippen molar-refractivity contribution in [1.29, 1.82) is 5.26 Å². The fourth-order valence-electron chi connectivity index (χ4n) is 3.36. The van der Waals surface area contributed by atoms with Gasteiger partial charge in [0, 0.05) is 32.4 Å². The number of hydrogen-bond donors (Lipinski definition) is 1. The average molecular weight is 441 g/mol. The number of aromatic nitrogens is 3. The van der Waals surface area contributed by atoms with Gasteiger partial charge in [-0.1, -0.05) is 6.07 Å². The van der Waals surface area contributed by atoms with Crippen LogP contribution >= 0.6 is 0 Å². The van der Waals surface area contributed by atoms with E-state index < -0.39 is 0 Å². The summed E-state index contributed by atoms with van der Waals surface area (Å²) in [6, 6.07) is 5.95. The van der Waals surface area contributed by atoms with Gasteiger partial charge in [-0.15, -0.1) is 0 Å². The Morgan fingerprint density at radius 3 is 2.75 bits per heavy atom. The van der Waals surface area contributed by atoms with Gasteiger partial charge in [-0.2, -0.15) is 10.4 Å². The maximum atomic E-state index is 12.5. The van der Waals surface area contributed by atoms with Crippen molar-refractivity contribution in [3.63, 3.8) is 0 Å². The number of pyridine rings is 1. The molecular formula is C22H28N6O4. The lowest BCUT2D eigenvalue weighted by Crippen LogP contribution is -2.49. The second kappa shape index (κ2) is 11.2. The molecular weight excluding hydrogens is 412 g/mol. The third-order valence-electron chi connectivity index (χ3n) is 5.25. The van der Waals surface area contributed by atoms with Gasteiger partial charge in [0.15, 0.2) is 0 Å². The Labute approximate surface area is 186 Å². The van der Waals surface area contributed by atoms with Crippen molar-refractivity contribution in [3.8, 4) is 11.8 Å². The Balaban J connectivity index is 1.35. The zero-order chi connectivity index (χ0) is 22.9. The number of ether oxygens (including phenoxy) is 2. The molecule has 170 valence electrons. The van der Waals surface area contributed by atoms with Crippen LogP contribution in [0.3, 0.4) is 0 Å². The lowest BCUT2D eigenvalue weighted by molar-refractivity contribution is -0.132. The van der Waals surface area contributed by atoms with Gasteiger partial charge >= 0.3 is 0 Å². The predicted octanol–water partition coefficient (Wildman–Crippen LogP) is 1.06. The minimum Gasteiger partial charge on any atom is -0.486 e. The second-order valence-electron chi connectivity index (χ2n) is 7.67. The molecule has 3 rings (SSSR count). The first kappa shape index (κ1) is 23.2. The summed E-state index contributed by atoms with van der Waals surface area (Å²) in [4.78, 5) is 32.4. The number of anilines is 1. The van der Waals surface area contributed by atoms with E-state index in [1.807, 2.05) is 24.0 Å². The number of hydrogen-bond acceptors (Lipinski definition) is 8. The highest BCUT2D eigenvalue weighted by molar-refractivity contribution is 5.76. The van der Waals surface area contributed by atoms with E-state index >= 15 is 0 Å². The fourth-order valence-corrected chi connectivity index (χ4v) is 3.36. The Hall–Kier alpha value is -3.45. The van der Waals surface area contributed by atoms with Gasteiger partial charge < -0.3 is 19.3 Å². The molecule has 32 heavy (non-hydrogen) atoms. The van der Waals surface area contributed by atoms with E-state index in [0.717, 1.165) is 11.4 Å². The summed E-state index contributed by atoms with van der Waals surface area (Å²) in [7, 11) is 0. The number of rotatable bonds is 9. The smallest absolute Gasteiger partial charge is 0.270 e. The number of H-pyrrole nitrogens is 1. The van der Waals surface area contributed by atoms with Crippen molar-refractivity contribution < 1.29 is 14.3 Å². The first-order valence-corrected chi connectivity index (χ1v) is 10.6. The molecule has 1 N–H and O–H groups in total. The van der Waals surface area contributed by atoms with Crippen LogP contribution in [0.1, 0.15) is 24.5 Å². The molecule has 10 heteroatoms. The predicted molar refractivity (Wildman–Crippen MR) is 117 cm³/mol. The highest BCUT2D eigenvalue weighted by atomic mass is 16.5. The number of nitrogens with one attached hydrogen (secondary N) is 1. The second-order valence-corrected chi connectivity index (χ2v) is 7.67. The molecule has 1 atom stereocenters. The third kappa shape index (κ3) is 6.28. The van der Waals surface area contributed by atoms with E-state index in [1.54, 1.807) is 13.1 Å².